The van der Waals surface area contributed by atoms with Crippen LogP contribution in [0.1, 0.15) is 4.88 Å². The van der Waals surface area contributed by atoms with Gasteiger partial charge in [-0.2, -0.15) is 0 Å². The molecule has 4 heterocycles. The summed E-state index contributed by atoms with van der Waals surface area (Å²) in [7, 11) is 0. The lowest BCUT2D eigenvalue weighted by atomic mass is 10.1. The van der Waals surface area contributed by atoms with Gasteiger partial charge in [0.25, 0.3) is 11.8 Å². The van der Waals surface area contributed by atoms with Crippen molar-refractivity contribution >= 4 is 52.0 Å². The molecule has 0 unspecified atom stereocenters. The number of carbonyl (C=O) groups excluding carboxylic acids is 2. The zero-order chi connectivity index (χ0) is 21.4. The maximum Gasteiger partial charge on any atom is 0.282 e. The predicted molar refractivity (Wildman–Crippen MR) is 121 cm³/mol. The molecule has 2 aliphatic heterocycles. The number of hydrogen-bond acceptors (Lipinski definition) is 7. The minimum atomic E-state index is -0.321. The minimum Gasteiger partial charge on any atom is -0.363 e. The lowest BCUT2D eigenvalue weighted by Crippen LogP contribution is -2.48. The Bertz CT molecular complexity index is 1160. The Morgan fingerprint density at radius 2 is 1.61 bits per heavy atom. The molecule has 7 nitrogen and oxygen atoms in total. The number of aromatic nitrogens is 2. The van der Waals surface area contributed by atoms with Gasteiger partial charge in [0.2, 0.25) is 5.95 Å². The van der Waals surface area contributed by atoms with Crippen LogP contribution in [0, 0.1) is 0 Å². The first-order chi connectivity index (χ1) is 15.1. The third-order valence-electron chi connectivity index (χ3n) is 5.32. The summed E-state index contributed by atoms with van der Waals surface area (Å²) >= 11 is 7.58. The monoisotopic (exact) mass is 451 g/mol. The van der Waals surface area contributed by atoms with E-state index in [1.54, 1.807) is 42.7 Å². The van der Waals surface area contributed by atoms with E-state index in [-0.39, 0.29) is 11.8 Å². The zero-order valence-corrected chi connectivity index (χ0v) is 18.0. The average Bonchev–Trinajstić information content (AvgIpc) is 3.40. The van der Waals surface area contributed by atoms with Crippen LogP contribution in [-0.4, -0.2) is 52.9 Å². The quantitative estimate of drug-likeness (QED) is 0.567. The minimum absolute atomic E-state index is 0.319. The van der Waals surface area contributed by atoms with Crippen molar-refractivity contribution in [3.8, 4) is 0 Å². The van der Waals surface area contributed by atoms with E-state index in [0.29, 0.717) is 54.1 Å². The molecule has 156 valence electrons. The Morgan fingerprint density at radius 1 is 0.871 bits per heavy atom. The van der Waals surface area contributed by atoms with Gasteiger partial charge in [0.05, 0.1) is 11.3 Å². The van der Waals surface area contributed by atoms with Crippen LogP contribution in [-0.2, 0) is 9.59 Å². The lowest BCUT2D eigenvalue weighted by molar-refractivity contribution is -0.120. The van der Waals surface area contributed by atoms with Gasteiger partial charge in [-0.3, -0.25) is 9.59 Å². The van der Waals surface area contributed by atoms with Crippen LogP contribution >= 0.6 is 22.9 Å². The fourth-order valence-corrected chi connectivity index (χ4v) is 4.84. The predicted octanol–water partition coefficient (Wildman–Crippen LogP) is 3.30. The summed E-state index contributed by atoms with van der Waals surface area (Å²) in [6.45, 7) is 2.49. The average molecular weight is 452 g/mol. The molecule has 1 fully saturated rings. The van der Waals surface area contributed by atoms with E-state index in [0.717, 1.165) is 4.88 Å². The molecule has 0 radical (unpaired) electrons. The number of carbonyl (C=O) groups is 2. The third kappa shape index (κ3) is 3.58. The van der Waals surface area contributed by atoms with E-state index >= 15 is 0 Å². The maximum atomic E-state index is 13.5. The van der Waals surface area contributed by atoms with Gasteiger partial charge in [-0.1, -0.05) is 23.7 Å². The SMILES string of the molecule is O=C1C(c2cccs2)=C(N2CCN(c3ncccn3)CC2)C(=O)N1c1cccc(Cl)c1. The molecular weight excluding hydrogens is 434 g/mol. The van der Waals surface area contributed by atoms with E-state index in [9.17, 15) is 9.59 Å². The van der Waals surface area contributed by atoms with Gasteiger partial charge in [0.15, 0.2) is 0 Å². The molecule has 0 spiro atoms. The second-order valence-electron chi connectivity index (χ2n) is 7.15. The summed E-state index contributed by atoms with van der Waals surface area (Å²) in [5, 5.41) is 2.38. The largest absolute Gasteiger partial charge is 0.363 e. The van der Waals surface area contributed by atoms with Crippen molar-refractivity contribution in [1.29, 1.82) is 0 Å². The molecule has 0 N–H and O–H groups in total. The molecule has 0 bridgehead atoms. The first-order valence-corrected chi connectivity index (χ1v) is 11.1. The van der Waals surface area contributed by atoms with Crippen LogP contribution in [0.4, 0.5) is 11.6 Å². The summed E-state index contributed by atoms with van der Waals surface area (Å²) in [4.78, 5) is 41.6. The molecule has 2 aliphatic rings. The molecule has 2 amide bonds. The topological polar surface area (TPSA) is 69.6 Å². The van der Waals surface area contributed by atoms with Crippen LogP contribution in [0.15, 0.2) is 65.9 Å². The van der Waals surface area contributed by atoms with Gasteiger partial charge in [0, 0.05) is 48.5 Å². The number of halogens is 1. The molecule has 1 aromatic carbocycles. The number of benzene rings is 1. The van der Waals surface area contributed by atoms with Crippen LogP contribution in [0.25, 0.3) is 5.57 Å². The summed E-state index contributed by atoms with van der Waals surface area (Å²) in [5.41, 5.74) is 1.37. The van der Waals surface area contributed by atoms with Gasteiger partial charge < -0.3 is 9.80 Å². The number of piperazine rings is 1. The highest BCUT2D eigenvalue weighted by Gasteiger charge is 2.43. The number of amides is 2. The molecule has 0 saturated carbocycles. The highest BCUT2D eigenvalue weighted by atomic mass is 35.5. The fraction of sp³-hybridized carbons (Fsp3) is 0.182. The molecule has 5 rings (SSSR count). The molecule has 2 aromatic heterocycles. The fourth-order valence-electron chi connectivity index (χ4n) is 3.89. The van der Waals surface area contributed by atoms with E-state index in [4.69, 9.17) is 11.6 Å². The second kappa shape index (κ2) is 8.13. The Hall–Kier alpha value is -3.23. The summed E-state index contributed by atoms with van der Waals surface area (Å²) in [6.07, 6.45) is 3.43. The standard InChI is InChI=1S/C22H18ClN5O2S/c23-15-4-1-5-16(14-15)28-20(29)18(17-6-2-13-31-17)19(21(28)30)26-9-11-27(12-10-26)22-24-7-3-8-25-22/h1-8,13-14H,9-12H2. The van der Waals surface area contributed by atoms with Gasteiger partial charge in [0.1, 0.15) is 5.70 Å². The first-order valence-electron chi connectivity index (χ1n) is 9.83. The number of hydrogen-bond donors (Lipinski definition) is 0. The highest BCUT2D eigenvalue weighted by Crippen LogP contribution is 2.37. The second-order valence-corrected chi connectivity index (χ2v) is 8.53. The summed E-state index contributed by atoms with van der Waals surface area (Å²) in [6, 6.07) is 12.4. The maximum absolute atomic E-state index is 13.5. The molecular formula is C22H18ClN5O2S. The summed E-state index contributed by atoms with van der Waals surface area (Å²) < 4.78 is 0. The highest BCUT2D eigenvalue weighted by molar-refractivity contribution is 7.11. The zero-order valence-electron chi connectivity index (χ0n) is 16.4. The molecule has 3 aromatic rings. The molecule has 0 atom stereocenters. The Morgan fingerprint density at radius 3 is 2.29 bits per heavy atom. The van der Waals surface area contributed by atoms with Crippen molar-refractivity contribution in [3.05, 3.63) is 75.8 Å². The smallest absolute Gasteiger partial charge is 0.282 e. The van der Waals surface area contributed by atoms with Crippen LogP contribution in [0.2, 0.25) is 5.02 Å². The van der Waals surface area contributed by atoms with Crippen LogP contribution < -0.4 is 9.80 Å². The van der Waals surface area contributed by atoms with Crippen LogP contribution in [0.3, 0.4) is 0 Å². The number of thiophene rings is 1. The summed E-state index contributed by atoms with van der Waals surface area (Å²) in [5.74, 6) is 0.0302. The van der Waals surface area contributed by atoms with Crippen molar-refractivity contribution in [3.63, 3.8) is 0 Å². The Balaban J connectivity index is 1.48. The normalized spacial score (nSPS) is 17.1. The number of anilines is 2. The lowest BCUT2D eigenvalue weighted by Gasteiger charge is -2.36. The molecule has 31 heavy (non-hydrogen) atoms. The van der Waals surface area contributed by atoms with Gasteiger partial charge in [-0.15, -0.1) is 11.3 Å². The van der Waals surface area contributed by atoms with E-state index < -0.39 is 0 Å². The van der Waals surface area contributed by atoms with Gasteiger partial charge in [-0.25, -0.2) is 14.9 Å². The third-order valence-corrected chi connectivity index (χ3v) is 6.45. The number of nitrogens with zero attached hydrogens (tertiary/aromatic N) is 5. The number of rotatable bonds is 4. The molecule has 0 aliphatic carbocycles. The van der Waals surface area contributed by atoms with Gasteiger partial charge in [-0.05, 0) is 35.7 Å². The van der Waals surface area contributed by atoms with E-state index in [1.807, 2.05) is 22.4 Å². The van der Waals surface area contributed by atoms with Crippen molar-refractivity contribution in [2.75, 3.05) is 36.0 Å². The van der Waals surface area contributed by atoms with E-state index in [2.05, 4.69) is 14.9 Å². The van der Waals surface area contributed by atoms with Crippen molar-refractivity contribution in [2.24, 2.45) is 0 Å². The first kappa shape index (κ1) is 19.7. The van der Waals surface area contributed by atoms with Crippen molar-refractivity contribution in [1.82, 2.24) is 14.9 Å². The number of imide groups is 1. The Kier molecular flexibility index (Phi) is 5.17. The van der Waals surface area contributed by atoms with E-state index in [1.165, 1.54) is 16.2 Å². The molecule has 9 heteroatoms. The van der Waals surface area contributed by atoms with Crippen molar-refractivity contribution in [2.45, 2.75) is 0 Å². The Labute approximate surface area is 188 Å². The van der Waals surface area contributed by atoms with Crippen molar-refractivity contribution < 1.29 is 9.59 Å². The van der Waals surface area contributed by atoms with Gasteiger partial charge >= 0.3 is 0 Å². The van der Waals surface area contributed by atoms with Crippen LogP contribution in [0.5, 0.6) is 0 Å². The molecule has 1 saturated heterocycles.